The number of carbonyl (C=O) groups excluding carboxylic acids is 1. The lowest BCUT2D eigenvalue weighted by atomic mass is 10.1. The molecule has 1 aromatic rings. The number of hydrogen-bond donors (Lipinski definition) is 1. The Morgan fingerprint density at radius 2 is 2.00 bits per heavy atom. The van der Waals surface area contributed by atoms with Crippen LogP contribution in [-0.4, -0.2) is 11.9 Å². The van der Waals surface area contributed by atoms with Crippen LogP contribution in [0.4, 0.5) is 0 Å². The van der Waals surface area contributed by atoms with Gasteiger partial charge in [-0.05, 0) is 37.0 Å². The molecule has 0 atom stereocenters. The third-order valence-corrected chi connectivity index (χ3v) is 3.94. The number of benzene rings is 1. The van der Waals surface area contributed by atoms with Gasteiger partial charge in [0.15, 0.2) is 0 Å². The third-order valence-electron chi connectivity index (χ3n) is 3.36. The molecule has 0 spiro atoms. The molecule has 0 bridgehead atoms. The van der Waals surface area contributed by atoms with Gasteiger partial charge >= 0.3 is 0 Å². The normalized spacial score (nSPS) is 15.9. The largest absolute Gasteiger partial charge is 0.353 e. The van der Waals surface area contributed by atoms with E-state index in [0.29, 0.717) is 28.9 Å². The van der Waals surface area contributed by atoms with Crippen LogP contribution >= 0.6 is 23.2 Å². The van der Waals surface area contributed by atoms with E-state index in [0.717, 1.165) is 18.4 Å². The number of rotatable bonds is 4. The maximum absolute atomic E-state index is 11.8. The summed E-state index contributed by atoms with van der Waals surface area (Å²) in [4.78, 5) is 11.8. The molecule has 2 rings (SSSR count). The first-order valence-electron chi connectivity index (χ1n) is 6.38. The first-order chi connectivity index (χ1) is 8.65. The predicted molar refractivity (Wildman–Crippen MR) is 75.2 cm³/mol. The smallest absolute Gasteiger partial charge is 0.220 e. The zero-order valence-corrected chi connectivity index (χ0v) is 11.7. The molecule has 0 aliphatic heterocycles. The number of amides is 1. The Balaban J connectivity index is 1.81. The van der Waals surface area contributed by atoms with Crippen molar-refractivity contribution < 1.29 is 4.79 Å². The van der Waals surface area contributed by atoms with E-state index >= 15 is 0 Å². The highest BCUT2D eigenvalue weighted by molar-refractivity contribution is 6.35. The summed E-state index contributed by atoms with van der Waals surface area (Å²) in [5, 5.41) is 4.33. The summed E-state index contributed by atoms with van der Waals surface area (Å²) < 4.78 is 0. The number of hydrogen-bond acceptors (Lipinski definition) is 1. The van der Waals surface area contributed by atoms with Crippen molar-refractivity contribution in [1.29, 1.82) is 0 Å². The monoisotopic (exact) mass is 285 g/mol. The Kier molecular flexibility index (Phi) is 4.90. The van der Waals surface area contributed by atoms with Crippen LogP contribution in [0.5, 0.6) is 0 Å². The molecule has 0 radical (unpaired) electrons. The molecule has 0 unspecified atom stereocenters. The van der Waals surface area contributed by atoms with Crippen LogP contribution in [0.2, 0.25) is 10.0 Å². The van der Waals surface area contributed by atoms with Crippen LogP contribution in [-0.2, 0) is 11.2 Å². The van der Waals surface area contributed by atoms with Crippen LogP contribution in [0.3, 0.4) is 0 Å². The Labute approximate surface area is 118 Å². The molecule has 0 heterocycles. The van der Waals surface area contributed by atoms with Gasteiger partial charge in [-0.2, -0.15) is 0 Å². The number of halogens is 2. The zero-order valence-electron chi connectivity index (χ0n) is 10.2. The number of nitrogens with one attached hydrogen (secondary N) is 1. The van der Waals surface area contributed by atoms with Crippen LogP contribution in [0, 0.1) is 0 Å². The summed E-state index contributed by atoms with van der Waals surface area (Å²) in [5.41, 5.74) is 0.975. The van der Waals surface area contributed by atoms with Crippen molar-refractivity contribution in [3.05, 3.63) is 33.8 Å². The fraction of sp³-hybridized carbons (Fsp3) is 0.500. The summed E-state index contributed by atoms with van der Waals surface area (Å²) in [6, 6.07) is 5.79. The van der Waals surface area contributed by atoms with Crippen LogP contribution in [0.1, 0.15) is 37.7 Å². The van der Waals surface area contributed by atoms with Gasteiger partial charge in [-0.15, -0.1) is 0 Å². The van der Waals surface area contributed by atoms with E-state index in [-0.39, 0.29) is 5.91 Å². The molecule has 1 saturated carbocycles. The molecule has 0 aromatic heterocycles. The number of aryl methyl sites for hydroxylation is 1. The highest BCUT2D eigenvalue weighted by atomic mass is 35.5. The molecule has 0 saturated heterocycles. The van der Waals surface area contributed by atoms with Gasteiger partial charge in [0.2, 0.25) is 5.91 Å². The SMILES string of the molecule is O=C(CCc1ccc(Cl)cc1Cl)NC1CCCC1. The minimum atomic E-state index is 0.118. The average Bonchev–Trinajstić information content (AvgIpc) is 2.80. The molecule has 1 aromatic carbocycles. The number of carbonyl (C=O) groups is 1. The third kappa shape index (κ3) is 3.89. The summed E-state index contributed by atoms with van der Waals surface area (Å²) in [5.74, 6) is 0.118. The Hall–Kier alpha value is -0.730. The van der Waals surface area contributed by atoms with Gasteiger partial charge in [0.05, 0.1) is 0 Å². The van der Waals surface area contributed by atoms with E-state index in [1.54, 1.807) is 12.1 Å². The molecule has 2 nitrogen and oxygen atoms in total. The van der Waals surface area contributed by atoms with Crippen molar-refractivity contribution in [2.45, 2.75) is 44.6 Å². The molecule has 18 heavy (non-hydrogen) atoms. The molecule has 1 N–H and O–H groups in total. The van der Waals surface area contributed by atoms with E-state index in [4.69, 9.17) is 23.2 Å². The molecule has 1 aliphatic carbocycles. The van der Waals surface area contributed by atoms with E-state index in [1.807, 2.05) is 6.07 Å². The van der Waals surface area contributed by atoms with Gasteiger partial charge in [0, 0.05) is 22.5 Å². The second-order valence-electron chi connectivity index (χ2n) is 4.78. The second kappa shape index (κ2) is 6.44. The summed E-state index contributed by atoms with van der Waals surface area (Å²) in [7, 11) is 0. The standard InChI is InChI=1S/C14H17Cl2NO/c15-11-7-5-10(13(16)9-11)6-8-14(18)17-12-3-1-2-4-12/h5,7,9,12H,1-4,6,8H2,(H,17,18). The van der Waals surface area contributed by atoms with Crippen molar-refractivity contribution in [2.24, 2.45) is 0 Å². The molecule has 1 amide bonds. The topological polar surface area (TPSA) is 29.1 Å². The fourth-order valence-electron chi connectivity index (χ4n) is 2.34. The Morgan fingerprint density at radius 3 is 2.67 bits per heavy atom. The molecule has 98 valence electrons. The maximum Gasteiger partial charge on any atom is 0.220 e. The maximum atomic E-state index is 11.8. The minimum absolute atomic E-state index is 0.118. The molecule has 1 aliphatic rings. The summed E-state index contributed by atoms with van der Waals surface area (Å²) in [6.45, 7) is 0. The minimum Gasteiger partial charge on any atom is -0.353 e. The Bertz CT molecular complexity index is 428. The van der Waals surface area contributed by atoms with Gasteiger partial charge in [-0.3, -0.25) is 4.79 Å². The first kappa shape index (κ1) is 13.7. The van der Waals surface area contributed by atoms with E-state index in [9.17, 15) is 4.79 Å². The predicted octanol–water partition coefficient (Wildman–Crippen LogP) is 3.98. The zero-order chi connectivity index (χ0) is 13.0. The summed E-state index contributed by atoms with van der Waals surface area (Å²) in [6.07, 6.45) is 5.84. The van der Waals surface area contributed by atoms with Gasteiger partial charge in [0.1, 0.15) is 0 Å². The highest BCUT2D eigenvalue weighted by Crippen LogP contribution is 2.22. The van der Waals surface area contributed by atoms with Crippen LogP contribution in [0.15, 0.2) is 18.2 Å². The van der Waals surface area contributed by atoms with Gasteiger partial charge in [0.25, 0.3) is 0 Å². The molecule has 4 heteroatoms. The van der Waals surface area contributed by atoms with Crippen LogP contribution < -0.4 is 5.32 Å². The van der Waals surface area contributed by atoms with Gasteiger partial charge in [-0.1, -0.05) is 42.1 Å². The van der Waals surface area contributed by atoms with Crippen LogP contribution in [0.25, 0.3) is 0 Å². The first-order valence-corrected chi connectivity index (χ1v) is 7.14. The van der Waals surface area contributed by atoms with Crippen molar-refractivity contribution in [3.63, 3.8) is 0 Å². The van der Waals surface area contributed by atoms with Gasteiger partial charge in [-0.25, -0.2) is 0 Å². The van der Waals surface area contributed by atoms with E-state index in [2.05, 4.69) is 5.32 Å². The lowest BCUT2D eigenvalue weighted by molar-refractivity contribution is -0.121. The lowest BCUT2D eigenvalue weighted by Gasteiger charge is -2.12. The lowest BCUT2D eigenvalue weighted by Crippen LogP contribution is -2.32. The Morgan fingerprint density at radius 1 is 1.28 bits per heavy atom. The van der Waals surface area contributed by atoms with E-state index < -0.39 is 0 Å². The van der Waals surface area contributed by atoms with Crippen molar-refractivity contribution in [2.75, 3.05) is 0 Å². The molecular formula is C14H17Cl2NO. The van der Waals surface area contributed by atoms with Crippen molar-refractivity contribution in [1.82, 2.24) is 5.32 Å². The second-order valence-corrected chi connectivity index (χ2v) is 5.63. The van der Waals surface area contributed by atoms with E-state index in [1.165, 1.54) is 12.8 Å². The van der Waals surface area contributed by atoms with Crippen molar-refractivity contribution >= 4 is 29.1 Å². The quantitative estimate of drug-likeness (QED) is 0.891. The molecular weight excluding hydrogens is 269 g/mol. The highest BCUT2D eigenvalue weighted by Gasteiger charge is 2.16. The summed E-state index contributed by atoms with van der Waals surface area (Å²) >= 11 is 11.9. The van der Waals surface area contributed by atoms with Crippen molar-refractivity contribution in [3.8, 4) is 0 Å². The van der Waals surface area contributed by atoms with Gasteiger partial charge < -0.3 is 5.32 Å². The average molecular weight is 286 g/mol. The fourth-order valence-corrected chi connectivity index (χ4v) is 2.85. The molecule has 1 fully saturated rings.